The van der Waals surface area contributed by atoms with E-state index in [1.54, 1.807) is 6.92 Å². The Balaban J connectivity index is 2.69. The Morgan fingerprint density at radius 3 is 2.69 bits per heavy atom. The van der Waals surface area contributed by atoms with Crippen LogP contribution in [0, 0.1) is 17.6 Å². The number of rotatable bonds is 4. The van der Waals surface area contributed by atoms with Crippen LogP contribution in [0.1, 0.15) is 26.7 Å². The summed E-state index contributed by atoms with van der Waals surface area (Å²) in [6, 6.07) is 3.09. The highest BCUT2D eigenvalue weighted by Gasteiger charge is 2.13. The van der Waals surface area contributed by atoms with Crippen molar-refractivity contribution < 1.29 is 13.6 Å². The summed E-state index contributed by atoms with van der Waals surface area (Å²) in [5, 5.41) is 2.44. The molecule has 0 aliphatic rings. The molecule has 0 heterocycles. The molecular weight excluding hydrogens is 212 g/mol. The van der Waals surface area contributed by atoms with Crippen molar-refractivity contribution in [1.29, 1.82) is 0 Å². The Morgan fingerprint density at radius 2 is 2.12 bits per heavy atom. The minimum absolute atomic E-state index is 0.0225. The van der Waals surface area contributed by atoms with Crippen molar-refractivity contribution in [2.24, 2.45) is 5.92 Å². The predicted octanol–water partition coefficient (Wildman–Crippen LogP) is 3.34. The van der Waals surface area contributed by atoms with Crippen LogP contribution >= 0.6 is 0 Å². The zero-order chi connectivity index (χ0) is 12.1. The lowest BCUT2D eigenvalue weighted by atomic mass is 10.1. The van der Waals surface area contributed by atoms with Crippen molar-refractivity contribution in [3.05, 3.63) is 29.8 Å². The number of benzene rings is 1. The quantitative estimate of drug-likeness (QED) is 0.839. The molecule has 0 fully saturated rings. The average molecular weight is 227 g/mol. The van der Waals surface area contributed by atoms with Gasteiger partial charge in [-0.3, -0.25) is 4.79 Å². The highest BCUT2D eigenvalue weighted by atomic mass is 19.1. The standard InChI is InChI=1S/C12H15F2NO/c1-3-4-8(2)12(16)15-11-6-5-9(13)7-10(11)14/h5-8H,3-4H2,1-2H3,(H,15,16)/t8-/m1/s1. The number of nitrogens with one attached hydrogen (secondary N) is 1. The number of hydrogen-bond acceptors (Lipinski definition) is 1. The first-order valence-electron chi connectivity index (χ1n) is 5.30. The van der Waals surface area contributed by atoms with Crippen LogP contribution in [-0.2, 0) is 4.79 Å². The molecule has 0 aromatic heterocycles. The molecular formula is C12H15F2NO. The lowest BCUT2D eigenvalue weighted by Crippen LogP contribution is -2.20. The van der Waals surface area contributed by atoms with E-state index in [-0.39, 0.29) is 17.5 Å². The second-order valence-electron chi connectivity index (χ2n) is 3.80. The summed E-state index contributed by atoms with van der Waals surface area (Å²) >= 11 is 0. The van der Waals surface area contributed by atoms with E-state index in [4.69, 9.17) is 0 Å². The van der Waals surface area contributed by atoms with Gasteiger partial charge in [-0.05, 0) is 18.6 Å². The van der Waals surface area contributed by atoms with E-state index < -0.39 is 11.6 Å². The van der Waals surface area contributed by atoms with Gasteiger partial charge in [-0.2, -0.15) is 0 Å². The van der Waals surface area contributed by atoms with E-state index in [0.29, 0.717) is 0 Å². The zero-order valence-electron chi connectivity index (χ0n) is 9.39. The van der Waals surface area contributed by atoms with Crippen molar-refractivity contribution in [2.45, 2.75) is 26.7 Å². The number of anilines is 1. The highest BCUT2D eigenvalue weighted by molar-refractivity contribution is 5.92. The van der Waals surface area contributed by atoms with E-state index >= 15 is 0 Å². The summed E-state index contributed by atoms with van der Waals surface area (Å²) in [4.78, 5) is 11.6. The SMILES string of the molecule is CCC[C@@H](C)C(=O)Nc1ccc(F)cc1F. The summed E-state index contributed by atoms with van der Waals surface area (Å²) in [5.41, 5.74) is 0.0225. The van der Waals surface area contributed by atoms with Gasteiger partial charge >= 0.3 is 0 Å². The van der Waals surface area contributed by atoms with Gasteiger partial charge in [0.2, 0.25) is 5.91 Å². The largest absolute Gasteiger partial charge is 0.323 e. The van der Waals surface area contributed by atoms with E-state index in [1.165, 1.54) is 6.07 Å². The van der Waals surface area contributed by atoms with E-state index in [1.807, 2.05) is 6.92 Å². The number of amides is 1. The molecule has 1 N–H and O–H groups in total. The predicted molar refractivity (Wildman–Crippen MR) is 59.1 cm³/mol. The third-order valence-corrected chi connectivity index (χ3v) is 2.36. The fraction of sp³-hybridized carbons (Fsp3) is 0.417. The van der Waals surface area contributed by atoms with Crippen LogP contribution in [-0.4, -0.2) is 5.91 Å². The first-order valence-corrected chi connectivity index (χ1v) is 5.30. The molecule has 0 spiro atoms. The Bertz CT molecular complexity index is 379. The Kier molecular flexibility index (Phi) is 4.40. The Morgan fingerprint density at radius 1 is 1.44 bits per heavy atom. The number of carbonyl (C=O) groups excluding carboxylic acids is 1. The topological polar surface area (TPSA) is 29.1 Å². The van der Waals surface area contributed by atoms with Gasteiger partial charge in [0.05, 0.1) is 5.69 Å². The molecule has 1 atom stereocenters. The molecule has 88 valence electrons. The molecule has 4 heteroatoms. The molecule has 0 aliphatic heterocycles. The van der Waals surface area contributed by atoms with Crippen LogP contribution in [0.4, 0.5) is 14.5 Å². The number of halogens is 2. The van der Waals surface area contributed by atoms with E-state index in [9.17, 15) is 13.6 Å². The first kappa shape index (κ1) is 12.6. The molecule has 1 aromatic carbocycles. The monoisotopic (exact) mass is 227 g/mol. The van der Waals surface area contributed by atoms with Crippen molar-refractivity contribution >= 4 is 11.6 Å². The minimum atomic E-state index is -0.753. The van der Waals surface area contributed by atoms with Gasteiger partial charge < -0.3 is 5.32 Å². The van der Waals surface area contributed by atoms with Gasteiger partial charge in [0.15, 0.2) is 0 Å². The third kappa shape index (κ3) is 3.29. The summed E-state index contributed by atoms with van der Waals surface area (Å²) < 4.78 is 25.8. The van der Waals surface area contributed by atoms with Gasteiger partial charge in [0.25, 0.3) is 0 Å². The van der Waals surface area contributed by atoms with E-state index in [2.05, 4.69) is 5.32 Å². The second-order valence-corrected chi connectivity index (χ2v) is 3.80. The molecule has 0 bridgehead atoms. The molecule has 0 aliphatic carbocycles. The van der Waals surface area contributed by atoms with Crippen LogP contribution < -0.4 is 5.32 Å². The van der Waals surface area contributed by atoms with Crippen LogP contribution in [0.5, 0.6) is 0 Å². The lowest BCUT2D eigenvalue weighted by Gasteiger charge is -2.11. The molecule has 1 rings (SSSR count). The molecule has 16 heavy (non-hydrogen) atoms. The number of carbonyl (C=O) groups is 1. The Hall–Kier alpha value is -1.45. The molecule has 1 aromatic rings. The summed E-state index contributed by atoms with van der Waals surface area (Å²) in [6.45, 7) is 3.75. The van der Waals surface area contributed by atoms with Crippen LogP contribution in [0.2, 0.25) is 0 Å². The van der Waals surface area contributed by atoms with Gasteiger partial charge in [-0.15, -0.1) is 0 Å². The lowest BCUT2D eigenvalue weighted by molar-refractivity contribution is -0.119. The van der Waals surface area contributed by atoms with Crippen molar-refractivity contribution in [3.63, 3.8) is 0 Å². The van der Waals surface area contributed by atoms with Crippen molar-refractivity contribution in [2.75, 3.05) is 5.32 Å². The van der Waals surface area contributed by atoms with Crippen LogP contribution in [0.15, 0.2) is 18.2 Å². The zero-order valence-corrected chi connectivity index (χ0v) is 9.39. The minimum Gasteiger partial charge on any atom is -0.323 e. The molecule has 0 unspecified atom stereocenters. The number of hydrogen-bond donors (Lipinski definition) is 1. The third-order valence-electron chi connectivity index (χ3n) is 2.36. The van der Waals surface area contributed by atoms with Gasteiger partial charge in [0, 0.05) is 12.0 Å². The molecule has 1 amide bonds. The van der Waals surface area contributed by atoms with Crippen molar-refractivity contribution in [3.8, 4) is 0 Å². The first-order chi connectivity index (χ1) is 7.54. The molecule has 0 saturated heterocycles. The van der Waals surface area contributed by atoms with Gasteiger partial charge in [0.1, 0.15) is 11.6 Å². The summed E-state index contributed by atoms with van der Waals surface area (Å²) in [5.74, 6) is -1.82. The van der Waals surface area contributed by atoms with Gasteiger partial charge in [-0.25, -0.2) is 8.78 Å². The summed E-state index contributed by atoms with van der Waals surface area (Å²) in [7, 11) is 0. The highest BCUT2D eigenvalue weighted by Crippen LogP contribution is 2.16. The molecule has 0 saturated carbocycles. The van der Waals surface area contributed by atoms with Crippen LogP contribution in [0.25, 0.3) is 0 Å². The second kappa shape index (κ2) is 5.58. The fourth-order valence-corrected chi connectivity index (χ4v) is 1.41. The van der Waals surface area contributed by atoms with E-state index in [0.717, 1.165) is 25.0 Å². The Labute approximate surface area is 93.7 Å². The maximum absolute atomic E-state index is 13.2. The smallest absolute Gasteiger partial charge is 0.227 e. The maximum atomic E-state index is 13.2. The summed E-state index contributed by atoms with van der Waals surface area (Å²) in [6.07, 6.45) is 1.63. The van der Waals surface area contributed by atoms with Crippen molar-refractivity contribution in [1.82, 2.24) is 0 Å². The van der Waals surface area contributed by atoms with Crippen LogP contribution in [0.3, 0.4) is 0 Å². The normalized spacial score (nSPS) is 12.2. The maximum Gasteiger partial charge on any atom is 0.227 e. The fourth-order valence-electron chi connectivity index (χ4n) is 1.41. The van der Waals surface area contributed by atoms with Gasteiger partial charge in [-0.1, -0.05) is 20.3 Å². The molecule has 0 radical (unpaired) electrons. The average Bonchev–Trinajstić information content (AvgIpc) is 2.22. The molecule has 2 nitrogen and oxygen atoms in total.